The van der Waals surface area contributed by atoms with Crippen LogP contribution in [0.1, 0.15) is 6.42 Å². The average molecular weight is 236 g/mol. The first-order chi connectivity index (χ1) is 6.24. The fraction of sp³-hybridized carbons (Fsp3) is 0.333. The van der Waals surface area contributed by atoms with Gasteiger partial charge in [-0.05, 0) is 30.4 Å². The van der Waals surface area contributed by atoms with E-state index in [-0.39, 0.29) is 0 Å². The Kier molecular flexibility index (Phi) is 4.78. The summed E-state index contributed by atoms with van der Waals surface area (Å²) in [7, 11) is 0. The van der Waals surface area contributed by atoms with Crippen LogP contribution in [-0.2, 0) is 0 Å². The quantitative estimate of drug-likeness (QED) is 0.599. The van der Waals surface area contributed by atoms with Gasteiger partial charge in [-0.15, -0.1) is 0 Å². The van der Waals surface area contributed by atoms with Gasteiger partial charge in [0.1, 0.15) is 0 Å². The number of nitrogens with one attached hydrogen (secondary N) is 1. The standard InChI is InChI=1S/C9H11Cl2NS/c10-7-2-3-8(11)9(6-7)12-4-1-5-13/h2-3,6,12-13H,1,4-5H2. The maximum absolute atomic E-state index is 5.93. The highest BCUT2D eigenvalue weighted by atomic mass is 35.5. The Hall–Kier alpha value is -0.0500. The molecule has 0 bridgehead atoms. The number of thiol groups is 1. The number of hydrogen-bond donors (Lipinski definition) is 2. The molecule has 0 radical (unpaired) electrons. The summed E-state index contributed by atoms with van der Waals surface area (Å²) in [6, 6.07) is 5.38. The molecule has 0 aliphatic carbocycles. The van der Waals surface area contributed by atoms with Gasteiger partial charge in [-0.25, -0.2) is 0 Å². The normalized spacial score (nSPS) is 10.1. The highest BCUT2D eigenvalue weighted by molar-refractivity contribution is 7.80. The number of rotatable bonds is 4. The molecule has 1 rings (SSSR count). The van der Waals surface area contributed by atoms with Crippen molar-refractivity contribution in [1.82, 2.24) is 0 Å². The van der Waals surface area contributed by atoms with Crippen molar-refractivity contribution >= 4 is 41.5 Å². The van der Waals surface area contributed by atoms with Gasteiger partial charge in [0.25, 0.3) is 0 Å². The lowest BCUT2D eigenvalue weighted by Gasteiger charge is -2.07. The van der Waals surface area contributed by atoms with Crippen molar-refractivity contribution in [2.45, 2.75) is 6.42 Å². The summed E-state index contributed by atoms with van der Waals surface area (Å²) in [6.07, 6.45) is 1.01. The van der Waals surface area contributed by atoms with Crippen LogP contribution in [0.5, 0.6) is 0 Å². The zero-order valence-corrected chi connectivity index (χ0v) is 9.46. The second-order valence-corrected chi connectivity index (χ2v) is 3.92. The third-order valence-corrected chi connectivity index (χ3v) is 2.46. The van der Waals surface area contributed by atoms with Crippen LogP contribution in [0, 0.1) is 0 Å². The van der Waals surface area contributed by atoms with Crippen molar-refractivity contribution in [2.75, 3.05) is 17.6 Å². The molecule has 1 nitrogen and oxygen atoms in total. The monoisotopic (exact) mass is 235 g/mol. The van der Waals surface area contributed by atoms with Gasteiger partial charge in [0, 0.05) is 11.6 Å². The molecule has 0 spiro atoms. The number of halogens is 2. The summed E-state index contributed by atoms with van der Waals surface area (Å²) >= 11 is 15.9. The van der Waals surface area contributed by atoms with Crippen LogP contribution in [0.4, 0.5) is 5.69 Å². The minimum atomic E-state index is 0.692. The van der Waals surface area contributed by atoms with Crippen LogP contribution in [0.25, 0.3) is 0 Å². The SMILES string of the molecule is SCCCNc1cc(Cl)ccc1Cl. The van der Waals surface area contributed by atoms with Gasteiger partial charge in [-0.3, -0.25) is 0 Å². The molecule has 0 saturated carbocycles. The van der Waals surface area contributed by atoms with Crippen LogP contribution in [0.15, 0.2) is 18.2 Å². The first kappa shape index (κ1) is 11.0. The minimum absolute atomic E-state index is 0.692. The van der Waals surface area contributed by atoms with E-state index < -0.39 is 0 Å². The summed E-state index contributed by atoms with van der Waals surface area (Å²) in [5, 5.41) is 4.58. The molecule has 1 aromatic rings. The molecule has 0 aliphatic rings. The Bertz CT molecular complexity index is 278. The lowest BCUT2D eigenvalue weighted by Crippen LogP contribution is -2.02. The molecule has 0 aromatic heterocycles. The second-order valence-electron chi connectivity index (χ2n) is 2.63. The molecule has 0 amide bonds. The van der Waals surface area contributed by atoms with Gasteiger partial charge in [-0.2, -0.15) is 12.6 Å². The molecule has 1 aromatic carbocycles. The third-order valence-electron chi connectivity index (χ3n) is 1.58. The van der Waals surface area contributed by atoms with E-state index >= 15 is 0 Å². The predicted octanol–water partition coefficient (Wildman–Crippen LogP) is 3.73. The largest absolute Gasteiger partial charge is 0.384 e. The molecule has 4 heteroatoms. The first-order valence-electron chi connectivity index (χ1n) is 4.04. The van der Waals surface area contributed by atoms with E-state index in [4.69, 9.17) is 23.2 Å². The first-order valence-corrected chi connectivity index (χ1v) is 5.42. The Labute approximate surface area is 93.8 Å². The topological polar surface area (TPSA) is 12.0 Å². The van der Waals surface area contributed by atoms with E-state index in [1.165, 1.54) is 0 Å². The van der Waals surface area contributed by atoms with Crippen LogP contribution >= 0.6 is 35.8 Å². The molecule has 1 N–H and O–H groups in total. The Balaban J connectivity index is 2.59. The maximum Gasteiger partial charge on any atom is 0.0638 e. The molecular weight excluding hydrogens is 225 g/mol. The van der Waals surface area contributed by atoms with Crippen molar-refractivity contribution in [1.29, 1.82) is 0 Å². The van der Waals surface area contributed by atoms with Gasteiger partial charge < -0.3 is 5.32 Å². The Morgan fingerprint density at radius 2 is 2.08 bits per heavy atom. The second kappa shape index (κ2) is 5.63. The zero-order valence-electron chi connectivity index (χ0n) is 7.06. The minimum Gasteiger partial charge on any atom is -0.384 e. The Morgan fingerprint density at radius 1 is 1.31 bits per heavy atom. The summed E-state index contributed by atoms with van der Waals surface area (Å²) in [5.74, 6) is 0.866. The third kappa shape index (κ3) is 3.67. The molecule has 0 aliphatic heterocycles. The van der Waals surface area contributed by atoms with Crippen molar-refractivity contribution in [3.8, 4) is 0 Å². The highest BCUT2D eigenvalue weighted by Crippen LogP contribution is 2.25. The Morgan fingerprint density at radius 3 is 2.77 bits per heavy atom. The van der Waals surface area contributed by atoms with Crippen molar-refractivity contribution in [3.63, 3.8) is 0 Å². The summed E-state index contributed by atoms with van der Waals surface area (Å²) in [4.78, 5) is 0. The molecule has 72 valence electrons. The molecule has 0 unspecified atom stereocenters. The molecule has 0 heterocycles. The van der Waals surface area contributed by atoms with E-state index in [9.17, 15) is 0 Å². The van der Waals surface area contributed by atoms with Gasteiger partial charge in [-0.1, -0.05) is 23.2 Å². The predicted molar refractivity (Wildman–Crippen MR) is 63.4 cm³/mol. The fourth-order valence-corrected chi connectivity index (χ4v) is 1.45. The fourth-order valence-electron chi connectivity index (χ4n) is 0.935. The average Bonchev–Trinajstić information content (AvgIpc) is 2.11. The lowest BCUT2D eigenvalue weighted by atomic mass is 10.3. The van der Waals surface area contributed by atoms with Crippen LogP contribution in [0.3, 0.4) is 0 Å². The van der Waals surface area contributed by atoms with Gasteiger partial charge in [0.15, 0.2) is 0 Å². The van der Waals surface area contributed by atoms with Gasteiger partial charge in [0.2, 0.25) is 0 Å². The highest BCUT2D eigenvalue weighted by Gasteiger charge is 1.99. The summed E-state index contributed by atoms with van der Waals surface area (Å²) in [6.45, 7) is 0.865. The van der Waals surface area contributed by atoms with Crippen molar-refractivity contribution < 1.29 is 0 Å². The molecule has 13 heavy (non-hydrogen) atoms. The smallest absolute Gasteiger partial charge is 0.0638 e. The summed E-state index contributed by atoms with van der Waals surface area (Å²) in [5.41, 5.74) is 0.885. The van der Waals surface area contributed by atoms with Crippen LogP contribution in [-0.4, -0.2) is 12.3 Å². The maximum atomic E-state index is 5.93. The van der Waals surface area contributed by atoms with Gasteiger partial charge in [0.05, 0.1) is 10.7 Å². The van der Waals surface area contributed by atoms with Crippen molar-refractivity contribution in [3.05, 3.63) is 28.2 Å². The summed E-state index contributed by atoms with van der Waals surface area (Å²) < 4.78 is 0. The van der Waals surface area contributed by atoms with E-state index in [2.05, 4.69) is 17.9 Å². The molecule has 0 saturated heterocycles. The van der Waals surface area contributed by atoms with E-state index in [0.29, 0.717) is 10.0 Å². The molecular formula is C9H11Cl2NS. The molecule has 0 fully saturated rings. The van der Waals surface area contributed by atoms with E-state index in [0.717, 1.165) is 24.4 Å². The van der Waals surface area contributed by atoms with E-state index in [1.54, 1.807) is 12.1 Å². The van der Waals surface area contributed by atoms with Crippen LogP contribution < -0.4 is 5.32 Å². The van der Waals surface area contributed by atoms with Gasteiger partial charge >= 0.3 is 0 Å². The molecule has 0 atom stereocenters. The van der Waals surface area contributed by atoms with Crippen LogP contribution in [0.2, 0.25) is 10.0 Å². The zero-order chi connectivity index (χ0) is 9.68. The number of benzene rings is 1. The number of anilines is 1. The van der Waals surface area contributed by atoms with Crippen molar-refractivity contribution in [2.24, 2.45) is 0 Å². The lowest BCUT2D eigenvalue weighted by molar-refractivity contribution is 0.995. The van der Waals surface area contributed by atoms with E-state index in [1.807, 2.05) is 6.07 Å². The number of hydrogen-bond acceptors (Lipinski definition) is 2.